The van der Waals surface area contributed by atoms with Crippen LogP contribution in [0.3, 0.4) is 0 Å². The van der Waals surface area contributed by atoms with Crippen molar-refractivity contribution in [3.8, 4) is 5.88 Å². The van der Waals surface area contributed by atoms with Crippen molar-refractivity contribution in [3.63, 3.8) is 0 Å². The van der Waals surface area contributed by atoms with E-state index in [0.29, 0.717) is 24.8 Å². The molecule has 2 N–H and O–H groups in total. The van der Waals surface area contributed by atoms with Crippen LogP contribution in [0.5, 0.6) is 5.88 Å². The van der Waals surface area contributed by atoms with Crippen molar-refractivity contribution in [1.29, 1.82) is 0 Å². The molecule has 5 heteroatoms. The van der Waals surface area contributed by atoms with Crippen LogP contribution < -0.4 is 15.4 Å². The van der Waals surface area contributed by atoms with E-state index < -0.39 is 0 Å². The van der Waals surface area contributed by atoms with Gasteiger partial charge in [-0.25, -0.2) is 0 Å². The van der Waals surface area contributed by atoms with Gasteiger partial charge >= 0.3 is 0 Å². The zero-order valence-electron chi connectivity index (χ0n) is 10.9. The van der Waals surface area contributed by atoms with Crippen LogP contribution in [0.15, 0.2) is 12.1 Å². The smallest absolute Gasteiger partial charge is 0.239 e. The third-order valence-corrected chi connectivity index (χ3v) is 2.59. The fourth-order valence-corrected chi connectivity index (χ4v) is 1.47. The number of aromatic nitrogens is 1. The van der Waals surface area contributed by atoms with Crippen LogP contribution in [-0.2, 0) is 4.74 Å². The highest BCUT2D eigenvalue weighted by atomic mass is 16.5. The molecule has 0 fully saturated rings. The van der Waals surface area contributed by atoms with E-state index in [2.05, 4.69) is 11.9 Å². The number of methoxy groups -OCH3 is 1. The zero-order chi connectivity index (χ0) is 12.8. The van der Waals surface area contributed by atoms with Crippen molar-refractivity contribution in [2.75, 3.05) is 38.0 Å². The van der Waals surface area contributed by atoms with Gasteiger partial charge in [0.15, 0.2) is 0 Å². The van der Waals surface area contributed by atoms with Gasteiger partial charge < -0.3 is 20.1 Å². The van der Waals surface area contributed by atoms with Crippen molar-refractivity contribution in [2.24, 2.45) is 0 Å². The molecule has 0 saturated heterocycles. The topological polar surface area (TPSA) is 60.6 Å². The molecule has 0 bridgehead atoms. The molecule has 1 rings (SSSR count). The number of anilines is 2. The second-order valence-electron chi connectivity index (χ2n) is 3.91. The van der Waals surface area contributed by atoms with Gasteiger partial charge in [0.05, 0.1) is 24.9 Å². The van der Waals surface area contributed by atoms with Crippen LogP contribution in [0.2, 0.25) is 0 Å². The first-order chi connectivity index (χ1) is 8.10. The molecule has 0 amide bonds. The number of likely N-dealkylation sites (N-methyl/N-ethyl adjacent to an activating group) is 1. The number of nitrogens with two attached hydrogens (primary N) is 1. The number of rotatable bonds is 6. The van der Waals surface area contributed by atoms with Crippen LogP contribution in [0.1, 0.15) is 13.8 Å². The summed E-state index contributed by atoms with van der Waals surface area (Å²) in [6.45, 7) is 5.18. The average molecular weight is 239 g/mol. The van der Waals surface area contributed by atoms with Crippen molar-refractivity contribution in [3.05, 3.63) is 12.1 Å². The molecule has 1 aromatic rings. The molecule has 0 aliphatic carbocycles. The molecular weight excluding hydrogens is 218 g/mol. The highest BCUT2D eigenvalue weighted by Crippen LogP contribution is 2.23. The van der Waals surface area contributed by atoms with Crippen molar-refractivity contribution in [2.45, 2.75) is 19.9 Å². The second-order valence-corrected chi connectivity index (χ2v) is 3.91. The molecule has 0 radical (unpaired) electrons. The predicted molar refractivity (Wildman–Crippen MR) is 69.6 cm³/mol. The van der Waals surface area contributed by atoms with Crippen molar-refractivity contribution < 1.29 is 9.47 Å². The Hall–Kier alpha value is -1.49. The molecule has 0 aliphatic heterocycles. The Kier molecular flexibility index (Phi) is 5.03. The zero-order valence-corrected chi connectivity index (χ0v) is 10.9. The minimum Gasteiger partial charge on any atom is -0.476 e. The average Bonchev–Trinajstić information content (AvgIpc) is 2.31. The van der Waals surface area contributed by atoms with E-state index in [1.54, 1.807) is 7.11 Å². The van der Waals surface area contributed by atoms with Gasteiger partial charge in [-0.05, 0) is 26.0 Å². The lowest BCUT2D eigenvalue weighted by molar-refractivity contribution is 0.183. The Bertz CT molecular complexity index is 358. The maximum absolute atomic E-state index is 5.78. The van der Waals surface area contributed by atoms with Crippen molar-refractivity contribution in [1.82, 2.24) is 4.98 Å². The molecule has 1 atom stereocenters. The first-order valence-corrected chi connectivity index (χ1v) is 5.71. The maximum Gasteiger partial charge on any atom is 0.239 e. The number of hydrogen-bond donors (Lipinski definition) is 1. The van der Waals surface area contributed by atoms with Gasteiger partial charge in [0.2, 0.25) is 5.88 Å². The minimum atomic E-state index is 0.241. The van der Waals surface area contributed by atoms with E-state index >= 15 is 0 Å². The quantitative estimate of drug-likeness (QED) is 0.815. The highest BCUT2D eigenvalue weighted by molar-refractivity contribution is 5.54. The standard InChI is InChI=1S/C12H21N3O2/c1-5-17-12-10(13)6-7-11(14-12)15(3)9(2)8-16-4/h6-7,9H,5,8,13H2,1-4H3. The number of ether oxygens (including phenoxy) is 2. The van der Waals surface area contributed by atoms with E-state index in [-0.39, 0.29) is 6.04 Å². The lowest BCUT2D eigenvalue weighted by atomic mass is 10.3. The monoisotopic (exact) mass is 239 g/mol. The Labute approximate surface area is 103 Å². The Balaban J connectivity index is 2.86. The van der Waals surface area contributed by atoms with E-state index in [4.69, 9.17) is 15.2 Å². The van der Waals surface area contributed by atoms with Crippen LogP contribution >= 0.6 is 0 Å². The molecule has 1 aromatic heterocycles. The third kappa shape index (κ3) is 3.49. The fraction of sp³-hybridized carbons (Fsp3) is 0.583. The lowest BCUT2D eigenvalue weighted by Crippen LogP contribution is -2.33. The summed E-state index contributed by atoms with van der Waals surface area (Å²) >= 11 is 0. The predicted octanol–water partition coefficient (Wildman–Crippen LogP) is 1.53. The number of nitrogen functional groups attached to an aromatic ring is 1. The third-order valence-electron chi connectivity index (χ3n) is 2.59. The Morgan fingerprint density at radius 1 is 1.47 bits per heavy atom. The molecule has 5 nitrogen and oxygen atoms in total. The SMILES string of the molecule is CCOc1nc(N(C)C(C)COC)ccc1N. The highest BCUT2D eigenvalue weighted by Gasteiger charge is 2.13. The van der Waals surface area contributed by atoms with Gasteiger partial charge in [0, 0.05) is 14.2 Å². The number of nitrogens with zero attached hydrogens (tertiary/aromatic N) is 2. The summed E-state index contributed by atoms with van der Waals surface area (Å²) in [7, 11) is 3.66. The summed E-state index contributed by atoms with van der Waals surface area (Å²) < 4.78 is 10.5. The first kappa shape index (κ1) is 13.6. The summed E-state index contributed by atoms with van der Waals surface area (Å²) in [5, 5.41) is 0. The summed E-state index contributed by atoms with van der Waals surface area (Å²) in [5.41, 5.74) is 6.34. The molecule has 96 valence electrons. The molecule has 0 aliphatic rings. The summed E-state index contributed by atoms with van der Waals surface area (Å²) in [6, 6.07) is 3.93. The number of pyridine rings is 1. The molecule has 17 heavy (non-hydrogen) atoms. The maximum atomic E-state index is 5.78. The van der Waals surface area contributed by atoms with Gasteiger partial charge in [0.1, 0.15) is 5.82 Å². The van der Waals surface area contributed by atoms with Gasteiger partial charge in [-0.1, -0.05) is 0 Å². The van der Waals surface area contributed by atoms with Crippen LogP contribution in [-0.4, -0.2) is 38.4 Å². The molecule has 1 unspecified atom stereocenters. The Morgan fingerprint density at radius 3 is 2.76 bits per heavy atom. The lowest BCUT2D eigenvalue weighted by Gasteiger charge is -2.25. The van der Waals surface area contributed by atoms with Gasteiger partial charge in [0.25, 0.3) is 0 Å². The Morgan fingerprint density at radius 2 is 2.18 bits per heavy atom. The van der Waals surface area contributed by atoms with Crippen LogP contribution in [0.25, 0.3) is 0 Å². The number of hydrogen-bond acceptors (Lipinski definition) is 5. The molecular formula is C12H21N3O2. The van der Waals surface area contributed by atoms with Gasteiger partial charge in [-0.15, -0.1) is 0 Å². The first-order valence-electron chi connectivity index (χ1n) is 5.71. The van der Waals surface area contributed by atoms with Gasteiger partial charge in [-0.2, -0.15) is 4.98 Å². The molecule has 1 heterocycles. The molecule has 0 saturated carbocycles. The van der Waals surface area contributed by atoms with Crippen LogP contribution in [0, 0.1) is 0 Å². The van der Waals surface area contributed by atoms with E-state index in [0.717, 1.165) is 5.82 Å². The summed E-state index contributed by atoms with van der Waals surface area (Å²) in [6.07, 6.45) is 0. The van der Waals surface area contributed by atoms with Gasteiger partial charge in [-0.3, -0.25) is 0 Å². The minimum absolute atomic E-state index is 0.241. The van der Waals surface area contributed by atoms with E-state index in [9.17, 15) is 0 Å². The van der Waals surface area contributed by atoms with Crippen molar-refractivity contribution >= 4 is 11.5 Å². The summed E-state index contributed by atoms with van der Waals surface area (Å²) in [4.78, 5) is 6.42. The molecule has 0 spiro atoms. The normalized spacial score (nSPS) is 12.2. The second kappa shape index (κ2) is 6.30. The van der Waals surface area contributed by atoms with E-state index in [1.165, 1.54) is 0 Å². The largest absolute Gasteiger partial charge is 0.476 e. The molecule has 0 aromatic carbocycles. The van der Waals surface area contributed by atoms with Crippen LogP contribution in [0.4, 0.5) is 11.5 Å². The fourth-order valence-electron chi connectivity index (χ4n) is 1.47. The summed E-state index contributed by atoms with van der Waals surface area (Å²) in [5.74, 6) is 1.31. The van der Waals surface area contributed by atoms with E-state index in [1.807, 2.05) is 31.0 Å².